The van der Waals surface area contributed by atoms with Crippen LogP contribution in [0.15, 0.2) is 50.9 Å². The first kappa shape index (κ1) is 44.8. The van der Waals surface area contributed by atoms with Crippen molar-refractivity contribution in [3.05, 3.63) is 96.4 Å². The Morgan fingerprint density at radius 3 is 1.96 bits per heavy atom. The highest BCUT2D eigenvalue weighted by atomic mass is 35.5. The molecule has 1 unspecified atom stereocenters. The summed E-state index contributed by atoms with van der Waals surface area (Å²) >= 11 is 5.77. The second kappa shape index (κ2) is 19.7. The number of Topliss-reactive ketones (excluding diaryl/α,β-unsaturated/α-hetero) is 1. The Labute approximate surface area is 294 Å². The standard InChI is InChI=1S/C23H26ClFO2.C11H24.C5H4O3.C2H6/c1-13(2)21(26)20-11-15(4)22(27-20)17(23(5,6)7)10-14(3)16-8-9-18(24)19(25)12-16;1-6-8-10(7-2)9-11(3,4)5;1-2-3(6)5(8)4(2)7;1-2/h8-13H,3H2,1-2,4-7H3;10H,6-9H2,1-5H3;6H,1H3;1-2H3/b17-10+;;;. The second-order valence-electron chi connectivity index (χ2n) is 14.6. The number of hydrogen-bond donors (Lipinski definition) is 1. The van der Waals surface area contributed by atoms with Gasteiger partial charge in [0.25, 0.3) is 5.43 Å². The molecule has 0 radical (unpaired) electrons. The molecule has 1 atom stereocenters. The molecule has 5 nitrogen and oxygen atoms in total. The van der Waals surface area contributed by atoms with Crippen molar-refractivity contribution in [3.8, 4) is 5.75 Å². The molecule has 1 aromatic heterocycles. The Kier molecular flexibility index (Phi) is 18.3. The van der Waals surface area contributed by atoms with Gasteiger partial charge in [-0.1, -0.05) is 127 Å². The SMILES string of the molecule is C=C(/C=C(\c1oc(C(=O)C(C)C)cc1C)C(C)(C)C)c1ccc(Cl)c(F)c1.CC.CCCC(CC)CC(C)(C)C.Cc1c(O)c(=O)c1=O. The Hall–Kier alpha value is -3.25. The summed E-state index contributed by atoms with van der Waals surface area (Å²) in [4.78, 5) is 32.6. The molecular weight excluding hydrogens is 627 g/mol. The summed E-state index contributed by atoms with van der Waals surface area (Å²) in [7, 11) is 0. The Morgan fingerprint density at radius 1 is 1.02 bits per heavy atom. The number of aromatic hydroxyl groups is 1. The predicted molar refractivity (Wildman–Crippen MR) is 202 cm³/mol. The first-order chi connectivity index (χ1) is 22.0. The monoisotopic (exact) mass is 686 g/mol. The maximum absolute atomic E-state index is 13.8. The Morgan fingerprint density at radius 2 is 1.58 bits per heavy atom. The molecule has 48 heavy (non-hydrogen) atoms. The Balaban J connectivity index is 0.000000858. The van der Waals surface area contributed by atoms with Crippen LogP contribution in [-0.2, 0) is 0 Å². The van der Waals surface area contributed by atoms with Crippen molar-refractivity contribution >= 4 is 28.5 Å². The van der Waals surface area contributed by atoms with E-state index < -0.39 is 16.7 Å². The highest BCUT2D eigenvalue weighted by molar-refractivity contribution is 6.30. The molecule has 1 N–H and O–H groups in total. The highest BCUT2D eigenvalue weighted by Crippen LogP contribution is 2.39. The molecule has 0 fully saturated rings. The van der Waals surface area contributed by atoms with Crippen LogP contribution in [-0.4, -0.2) is 10.9 Å². The minimum atomic E-state index is -0.762. The molecule has 0 aliphatic carbocycles. The minimum absolute atomic E-state index is 0.0313. The number of halogens is 2. The minimum Gasteiger partial charge on any atom is -0.504 e. The topological polar surface area (TPSA) is 84.6 Å². The zero-order valence-corrected chi connectivity index (χ0v) is 32.7. The molecule has 0 saturated carbocycles. The number of carbonyl (C=O) groups excluding carboxylic acids is 1. The summed E-state index contributed by atoms with van der Waals surface area (Å²) < 4.78 is 19.8. The van der Waals surface area contributed by atoms with Crippen LogP contribution in [0.4, 0.5) is 4.39 Å². The smallest absolute Gasteiger partial charge is 0.267 e. The third-order valence-electron chi connectivity index (χ3n) is 7.64. The van der Waals surface area contributed by atoms with Crippen molar-refractivity contribution in [2.75, 3.05) is 0 Å². The molecular formula is C41H60ClFO5. The van der Waals surface area contributed by atoms with Crippen LogP contribution >= 0.6 is 11.6 Å². The number of hydrogen-bond acceptors (Lipinski definition) is 5. The fourth-order valence-corrected chi connectivity index (χ4v) is 5.07. The molecule has 0 saturated heterocycles. The van der Waals surface area contributed by atoms with Crippen LogP contribution in [0.25, 0.3) is 11.1 Å². The molecule has 0 aliphatic heterocycles. The van der Waals surface area contributed by atoms with E-state index >= 15 is 0 Å². The zero-order valence-electron chi connectivity index (χ0n) is 31.9. The van der Waals surface area contributed by atoms with Crippen LogP contribution in [0, 0.1) is 42.3 Å². The lowest BCUT2D eigenvalue weighted by molar-refractivity contribution is 0.0910. The molecule has 3 rings (SSSR count). The van der Waals surface area contributed by atoms with Crippen molar-refractivity contribution in [2.24, 2.45) is 22.7 Å². The van der Waals surface area contributed by atoms with Crippen LogP contribution in [0.3, 0.4) is 0 Å². The summed E-state index contributed by atoms with van der Waals surface area (Å²) in [6.07, 6.45) is 7.38. The van der Waals surface area contributed by atoms with Crippen molar-refractivity contribution < 1.29 is 18.7 Å². The lowest BCUT2D eigenvalue weighted by atomic mass is 9.82. The van der Waals surface area contributed by atoms with E-state index in [9.17, 15) is 18.8 Å². The van der Waals surface area contributed by atoms with Gasteiger partial charge in [-0.3, -0.25) is 14.4 Å². The van der Waals surface area contributed by atoms with E-state index in [2.05, 4.69) is 62.0 Å². The van der Waals surface area contributed by atoms with Gasteiger partial charge in [0.2, 0.25) is 11.2 Å². The highest BCUT2D eigenvalue weighted by Gasteiger charge is 2.26. The van der Waals surface area contributed by atoms with Crippen LogP contribution in [0.1, 0.15) is 142 Å². The van der Waals surface area contributed by atoms with Crippen molar-refractivity contribution in [3.63, 3.8) is 0 Å². The van der Waals surface area contributed by atoms with Gasteiger partial charge in [0.15, 0.2) is 11.5 Å². The number of ketones is 1. The molecule has 3 aromatic rings. The quantitative estimate of drug-likeness (QED) is 0.138. The molecule has 0 amide bonds. The van der Waals surface area contributed by atoms with E-state index in [1.54, 1.807) is 12.1 Å². The van der Waals surface area contributed by atoms with Gasteiger partial charge in [0, 0.05) is 17.1 Å². The van der Waals surface area contributed by atoms with E-state index in [1.165, 1.54) is 44.7 Å². The van der Waals surface area contributed by atoms with E-state index in [0.717, 1.165) is 17.1 Å². The number of aryl methyl sites for hydroxylation is 1. The third-order valence-corrected chi connectivity index (χ3v) is 7.95. The number of furan rings is 1. The zero-order chi connectivity index (χ0) is 37.7. The Bertz CT molecular complexity index is 1550. The lowest BCUT2D eigenvalue weighted by Crippen LogP contribution is -2.32. The van der Waals surface area contributed by atoms with Crippen molar-refractivity contribution in [2.45, 2.75) is 123 Å². The van der Waals surface area contributed by atoms with Gasteiger partial charge in [-0.2, -0.15) is 0 Å². The number of rotatable bonds is 9. The summed E-state index contributed by atoms with van der Waals surface area (Å²) in [5.41, 5.74) is 2.16. The molecule has 0 spiro atoms. The number of benzene rings is 1. The van der Waals surface area contributed by atoms with Gasteiger partial charge in [-0.05, 0) is 78.0 Å². The molecule has 0 aliphatic rings. The maximum atomic E-state index is 13.8. The molecule has 1 heterocycles. The van der Waals surface area contributed by atoms with Gasteiger partial charge in [0.05, 0.1) is 5.02 Å². The first-order valence-electron chi connectivity index (χ1n) is 17.1. The predicted octanol–water partition coefficient (Wildman–Crippen LogP) is 11.9. The maximum Gasteiger partial charge on any atom is 0.267 e. The van der Waals surface area contributed by atoms with E-state index in [4.69, 9.17) is 21.1 Å². The van der Waals surface area contributed by atoms with Gasteiger partial charge >= 0.3 is 0 Å². The summed E-state index contributed by atoms with van der Waals surface area (Å²) in [5.74, 6) is 0.932. The number of carbonyl (C=O) groups is 1. The second-order valence-corrected chi connectivity index (χ2v) is 15.0. The van der Waals surface area contributed by atoms with Gasteiger partial charge in [-0.25, -0.2) is 4.39 Å². The normalized spacial score (nSPS) is 12.3. The van der Waals surface area contributed by atoms with Crippen LogP contribution in [0.5, 0.6) is 5.75 Å². The molecule has 7 heteroatoms. The summed E-state index contributed by atoms with van der Waals surface area (Å²) in [6.45, 7) is 32.9. The summed E-state index contributed by atoms with van der Waals surface area (Å²) in [6, 6.07) is 6.39. The van der Waals surface area contributed by atoms with Gasteiger partial charge in [-0.15, -0.1) is 0 Å². The fraction of sp³-hybridized carbons (Fsp3) is 0.537. The molecule has 0 bridgehead atoms. The molecule has 2 aromatic carbocycles. The van der Waals surface area contributed by atoms with Gasteiger partial charge < -0.3 is 9.52 Å². The van der Waals surface area contributed by atoms with Gasteiger partial charge in [0.1, 0.15) is 11.6 Å². The van der Waals surface area contributed by atoms with Crippen molar-refractivity contribution in [1.82, 2.24) is 0 Å². The first-order valence-corrected chi connectivity index (χ1v) is 17.4. The lowest BCUT2D eigenvalue weighted by Gasteiger charge is -2.24. The average molecular weight is 687 g/mol. The van der Waals surface area contributed by atoms with Crippen LogP contribution in [0.2, 0.25) is 5.02 Å². The van der Waals surface area contributed by atoms with Crippen molar-refractivity contribution in [1.29, 1.82) is 0 Å². The van der Waals surface area contributed by atoms with E-state index in [1.807, 2.05) is 40.7 Å². The van der Waals surface area contributed by atoms with Crippen LogP contribution < -0.4 is 10.9 Å². The fourth-order valence-electron chi connectivity index (χ4n) is 4.95. The largest absolute Gasteiger partial charge is 0.504 e. The average Bonchev–Trinajstić information content (AvgIpc) is 3.40. The molecule has 268 valence electrons. The summed E-state index contributed by atoms with van der Waals surface area (Å²) in [5, 5.41) is 8.54. The number of allylic oxidation sites excluding steroid dienone is 3. The third kappa shape index (κ3) is 13.7. The van der Waals surface area contributed by atoms with E-state index in [0.29, 0.717) is 28.1 Å². The van der Waals surface area contributed by atoms with E-state index in [-0.39, 0.29) is 33.5 Å².